The largest absolute Gasteiger partial charge is 0.395 e. The van der Waals surface area contributed by atoms with Crippen molar-refractivity contribution in [1.29, 1.82) is 0 Å². The van der Waals surface area contributed by atoms with Gasteiger partial charge in [-0.05, 0) is 31.1 Å². The molecule has 0 amide bonds. The van der Waals surface area contributed by atoms with Crippen LogP contribution in [0.3, 0.4) is 0 Å². The highest BCUT2D eigenvalue weighted by Gasteiger charge is 1.97. The highest BCUT2D eigenvalue weighted by atomic mass is 35.5. The van der Waals surface area contributed by atoms with Crippen molar-refractivity contribution in [1.82, 2.24) is 10.6 Å². The van der Waals surface area contributed by atoms with Gasteiger partial charge in [0.25, 0.3) is 0 Å². The zero-order valence-electron chi connectivity index (χ0n) is 9.38. The molecule has 0 atom stereocenters. The summed E-state index contributed by atoms with van der Waals surface area (Å²) in [6.07, 6.45) is 1.05. The van der Waals surface area contributed by atoms with Crippen LogP contribution in [0.2, 0.25) is 5.02 Å². The monoisotopic (exact) mass is 242 g/mol. The highest BCUT2D eigenvalue weighted by molar-refractivity contribution is 6.31. The van der Waals surface area contributed by atoms with E-state index in [9.17, 15) is 0 Å². The Bertz CT molecular complexity index is 294. The molecular weight excluding hydrogens is 224 g/mol. The summed E-state index contributed by atoms with van der Waals surface area (Å²) in [6, 6.07) is 7.86. The van der Waals surface area contributed by atoms with Gasteiger partial charge >= 0.3 is 0 Å². The predicted molar refractivity (Wildman–Crippen MR) is 67.7 cm³/mol. The molecule has 1 rings (SSSR count). The van der Waals surface area contributed by atoms with Gasteiger partial charge in [-0.2, -0.15) is 0 Å². The lowest BCUT2D eigenvalue weighted by Crippen LogP contribution is -2.23. The van der Waals surface area contributed by atoms with Crippen molar-refractivity contribution >= 4 is 11.6 Å². The zero-order chi connectivity index (χ0) is 11.6. The molecule has 0 fully saturated rings. The maximum Gasteiger partial charge on any atom is 0.0555 e. The van der Waals surface area contributed by atoms with Gasteiger partial charge < -0.3 is 15.7 Å². The van der Waals surface area contributed by atoms with Gasteiger partial charge in [-0.3, -0.25) is 0 Å². The molecule has 0 radical (unpaired) electrons. The van der Waals surface area contributed by atoms with Gasteiger partial charge in [0.05, 0.1) is 6.61 Å². The fourth-order valence-corrected chi connectivity index (χ4v) is 1.61. The zero-order valence-corrected chi connectivity index (χ0v) is 10.1. The van der Waals surface area contributed by atoms with Crippen LogP contribution < -0.4 is 10.6 Å². The topological polar surface area (TPSA) is 44.3 Å². The Morgan fingerprint density at radius 1 is 1.06 bits per heavy atom. The number of aliphatic hydroxyl groups excluding tert-OH is 1. The Morgan fingerprint density at radius 2 is 1.81 bits per heavy atom. The molecule has 90 valence electrons. The van der Waals surface area contributed by atoms with E-state index in [0.717, 1.165) is 36.6 Å². The van der Waals surface area contributed by atoms with Gasteiger partial charge in [0, 0.05) is 18.1 Å². The number of hydrogen-bond donors (Lipinski definition) is 3. The van der Waals surface area contributed by atoms with E-state index in [1.807, 2.05) is 24.3 Å². The van der Waals surface area contributed by atoms with Gasteiger partial charge in [0.1, 0.15) is 0 Å². The van der Waals surface area contributed by atoms with Gasteiger partial charge in [-0.15, -0.1) is 0 Å². The molecule has 3 N–H and O–H groups in total. The summed E-state index contributed by atoms with van der Waals surface area (Å²) in [4.78, 5) is 0. The summed E-state index contributed by atoms with van der Waals surface area (Å²) in [5, 5.41) is 15.8. The van der Waals surface area contributed by atoms with Crippen molar-refractivity contribution in [2.24, 2.45) is 0 Å². The molecule has 0 heterocycles. The predicted octanol–water partition coefficient (Wildman–Crippen LogP) is 1.40. The van der Waals surface area contributed by atoms with Crippen molar-refractivity contribution in [3.8, 4) is 0 Å². The summed E-state index contributed by atoms with van der Waals surface area (Å²) >= 11 is 6.03. The lowest BCUT2D eigenvalue weighted by molar-refractivity contribution is 0.292. The van der Waals surface area contributed by atoms with Crippen molar-refractivity contribution in [2.45, 2.75) is 13.0 Å². The molecular formula is C12H19ClN2O. The molecule has 3 nitrogen and oxygen atoms in total. The van der Waals surface area contributed by atoms with Gasteiger partial charge in [-0.1, -0.05) is 29.8 Å². The molecule has 0 saturated heterocycles. The van der Waals surface area contributed by atoms with E-state index < -0.39 is 0 Å². The van der Waals surface area contributed by atoms with Crippen LogP contribution in [-0.2, 0) is 6.54 Å². The summed E-state index contributed by atoms with van der Waals surface area (Å²) in [5.41, 5.74) is 1.13. The minimum Gasteiger partial charge on any atom is -0.395 e. The van der Waals surface area contributed by atoms with Gasteiger partial charge in [-0.25, -0.2) is 0 Å². The van der Waals surface area contributed by atoms with Crippen LogP contribution in [0.25, 0.3) is 0 Å². The number of benzene rings is 1. The van der Waals surface area contributed by atoms with Crippen molar-refractivity contribution in [2.75, 3.05) is 26.2 Å². The Hall–Kier alpha value is -0.610. The van der Waals surface area contributed by atoms with Crippen LogP contribution in [0.5, 0.6) is 0 Å². The number of hydrogen-bond acceptors (Lipinski definition) is 3. The molecule has 0 bridgehead atoms. The van der Waals surface area contributed by atoms with E-state index in [2.05, 4.69) is 10.6 Å². The standard InChI is InChI=1S/C12H19ClN2O/c13-12-5-2-1-4-11(12)10-15-7-3-6-14-8-9-16/h1-2,4-5,14-16H,3,6-10H2. The van der Waals surface area contributed by atoms with Crippen molar-refractivity contribution < 1.29 is 5.11 Å². The Labute approximate surface area is 102 Å². The highest BCUT2D eigenvalue weighted by Crippen LogP contribution is 2.13. The normalized spacial score (nSPS) is 10.6. The fraction of sp³-hybridized carbons (Fsp3) is 0.500. The third kappa shape index (κ3) is 5.47. The molecule has 1 aromatic carbocycles. The van der Waals surface area contributed by atoms with E-state index in [0.29, 0.717) is 6.54 Å². The third-order valence-corrected chi connectivity index (χ3v) is 2.64. The van der Waals surface area contributed by atoms with E-state index in [4.69, 9.17) is 16.7 Å². The number of halogens is 1. The second-order valence-electron chi connectivity index (χ2n) is 3.60. The average molecular weight is 243 g/mol. The van der Waals surface area contributed by atoms with E-state index >= 15 is 0 Å². The van der Waals surface area contributed by atoms with E-state index in [1.165, 1.54) is 0 Å². The van der Waals surface area contributed by atoms with Crippen LogP contribution in [0.15, 0.2) is 24.3 Å². The molecule has 0 aliphatic carbocycles. The average Bonchev–Trinajstić information content (AvgIpc) is 2.30. The Morgan fingerprint density at radius 3 is 2.56 bits per heavy atom. The second-order valence-corrected chi connectivity index (χ2v) is 4.00. The molecule has 1 aromatic rings. The lowest BCUT2D eigenvalue weighted by atomic mass is 10.2. The Balaban J connectivity index is 2.05. The molecule has 16 heavy (non-hydrogen) atoms. The summed E-state index contributed by atoms with van der Waals surface area (Å²) in [5.74, 6) is 0. The number of nitrogens with one attached hydrogen (secondary N) is 2. The SMILES string of the molecule is OCCNCCCNCc1ccccc1Cl. The fourth-order valence-electron chi connectivity index (χ4n) is 1.41. The molecule has 0 aliphatic heterocycles. The van der Waals surface area contributed by atoms with E-state index in [1.54, 1.807) is 0 Å². The first-order chi connectivity index (χ1) is 7.84. The maximum absolute atomic E-state index is 8.56. The summed E-state index contributed by atoms with van der Waals surface area (Å²) in [7, 11) is 0. The summed E-state index contributed by atoms with van der Waals surface area (Å²) in [6.45, 7) is 3.55. The second kappa shape index (κ2) is 8.53. The Kier molecular flexibility index (Phi) is 7.17. The molecule has 0 spiro atoms. The molecule has 0 aromatic heterocycles. The van der Waals surface area contributed by atoms with Crippen LogP contribution >= 0.6 is 11.6 Å². The summed E-state index contributed by atoms with van der Waals surface area (Å²) < 4.78 is 0. The van der Waals surface area contributed by atoms with Crippen molar-refractivity contribution in [3.63, 3.8) is 0 Å². The molecule has 0 unspecified atom stereocenters. The van der Waals surface area contributed by atoms with Crippen LogP contribution in [-0.4, -0.2) is 31.3 Å². The first kappa shape index (κ1) is 13.5. The van der Waals surface area contributed by atoms with Crippen LogP contribution in [0.4, 0.5) is 0 Å². The first-order valence-electron chi connectivity index (χ1n) is 5.60. The number of rotatable bonds is 8. The molecule has 0 saturated carbocycles. The van der Waals surface area contributed by atoms with Crippen molar-refractivity contribution in [3.05, 3.63) is 34.9 Å². The van der Waals surface area contributed by atoms with Crippen LogP contribution in [0.1, 0.15) is 12.0 Å². The van der Waals surface area contributed by atoms with Gasteiger partial charge in [0.15, 0.2) is 0 Å². The lowest BCUT2D eigenvalue weighted by Gasteiger charge is -2.06. The molecule has 4 heteroatoms. The van der Waals surface area contributed by atoms with Crippen LogP contribution in [0, 0.1) is 0 Å². The smallest absolute Gasteiger partial charge is 0.0555 e. The first-order valence-corrected chi connectivity index (χ1v) is 5.98. The van der Waals surface area contributed by atoms with Gasteiger partial charge in [0.2, 0.25) is 0 Å². The number of aliphatic hydroxyl groups is 1. The minimum atomic E-state index is 0.201. The minimum absolute atomic E-state index is 0.201. The quantitative estimate of drug-likeness (QED) is 0.604. The molecule has 0 aliphatic rings. The third-order valence-electron chi connectivity index (χ3n) is 2.27. The maximum atomic E-state index is 8.56. The van der Waals surface area contributed by atoms with E-state index in [-0.39, 0.29) is 6.61 Å².